The van der Waals surface area contributed by atoms with Crippen LogP contribution < -0.4 is 0 Å². The van der Waals surface area contributed by atoms with Gasteiger partial charge in [0.25, 0.3) is 0 Å². The van der Waals surface area contributed by atoms with Gasteiger partial charge in [0.2, 0.25) is 0 Å². The lowest BCUT2D eigenvalue weighted by molar-refractivity contribution is 1.13. The van der Waals surface area contributed by atoms with Crippen LogP contribution in [0.2, 0.25) is 0 Å². The van der Waals surface area contributed by atoms with Crippen molar-refractivity contribution in [3.63, 3.8) is 0 Å². The van der Waals surface area contributed by atoms with E-state index in [4.69, 9.17) is 0 Å². The Morgan fingerprint density at radius 2 is 0.621 bits per heavy atom. The molecule has 0 fully saturated rings. The Bertz CT molecular complexity index is 3210. The van der Waals surface area contributed by atoms with Crippen LogP contribution in [0, 0.1) is 0 Å². The lowest BCUT2D eigenvalue weighted by Gasteiger charge is -2.09. The number of benzene rings is 9. The minimum Gasteiger partial charge on any atom is -0.316 e. The molecule has 0 saturated carbocycles. The molecule has 58 heavy (non-hydrogen) atoms. The second-order valence-corrected chi connectivity index (χ2v) is 16.1. The zero-order chi connectivity index (χ0) is 38.4. The van der Waals surface area contributed by atoms with Crippen molar-refractivity contribution in [3.8, 4) is 72.4 Å². The molecule has 1 nitrogen and oxygen atoms in total. The molecule has 0 aliphatic rings. The van der Waals surface area contributed by atoms with Crippen molar-refractivity contribution >= 4 is 42.4 Å². The first kappa shape index (κ1) is 34.0. The van der Waals surface area contributed by atoms with Crippen molar-refractivity contribution in [2.75, 3.05) is 0 Å². The van der Waals surface area contributed by atoms with Crippen molar-refractivity contribution in [3.05, 3.63) is 225 Å². The molecular weight excluding hydrogens is 719 g/mol. The van der Waals surface area contributed by atoms with Crippen LogP contribution in [0.15, 0.2) is 225 Å². The molecule has 2 heterocycles. The lowest BCUT2D eigenvalue weighted by Crippen LogP contribution is -1.92. The van der Waals surface area contributed by atoms with E-state index < -0.39 is 0 Å². The fourth-order valence-electron chi connectivity index (χ4n) is 8.39. The molecule has 0 atom stereocenters. The van der Waals surface area contributed by atoms with E-state index in [-0.39, 0.29) is 0 Å². The topological polar surface area (TPSA) is 4.93 Å². The SMILES string of the molecule is c1ccc(-c2ccc(-c3ccc4c(c3)c(-c3ccc(-c5ccccc5)cc3)cn4-c3ccc(-c4ccc5sc6ccc(-c7ccccc7)cc6c5c4)cc3)cc2)cc1. The summed E-state index contributed by atoms with van der Waals surface area (Å²) in [6, 6.07) is 79.5. The summed E-state index contributed by atoms with van der Waals surface area (Å²) in [5.41, 5.74) is 17.0. The summed E-state index contributed by atoms with van der Waals surface area (Å²) in [5, 5.41) is 3.85. The fourth-order valence-corrected chi connectivity index (χ4v) is 9.46. The highest BCUT2D eigenvalue weighted by Gasteiger charge is 2.15. The summed E-state index contributed by atoms with van der Waals surface area (Å²) >= 11 is 1.87. The zero-order valence-electron chi connectivity index (χ0n) is 31.7. The first-order chi connectivity index (χ1) is 28.7. The highest BCUT2D eigenvalue weighted by atomic mass is 32.1. The van der Waals surface area contributed by atoms with Crippen molar-refractivity contribution < 1.29 is 0 Å². The van der Waals surface area contributed by atoms with Gasteiger partial charge in [-0.25, -0.2) is 0 Å². The van der Waals surface area contributed by atoms with Gasteiger partial charge >= 0.3 is 0 Å². The Kier molecular flexibility index (Phi) is 8.42. The van der Waals surface area contributed by atoms with E-state index in [0.717, 1.165) is 5.69 Å². The molecule has 11 rings (SSSR count). The number of rotatable bonds is 7. The summed E-state index contributed by atoms with van der Waals surface area (Å²) in [6.07, 6.45) is 2.31. The zero-order valence-corrected chi connectivity index (χ0v) is 32.5. The molecule has 0 aliphatic heterocycles. The third-order valence-corrected chi connectivity index (χ3v) is 12.6. The third-order valence-electron chi connectivity index (χ3n) is 11.5. The van der Waals surface area contributed by atoms with Crippen LogP contribution in [0.5, 0.6) is 0 Å². The molecule has 0 unspecified atom stereocenters. The van der Waals surface area contributed by atoms with E-state index in [1.165, 1.54) is 97.8 Å². The number of hydrogen-bond donors (Lipinski definition) is 0. The second-order valence-electron chi connectivity index (χ2n) is 15.0. The van der Waals surface area contributed by atoms with Crippen molar-refractivity contribution in [2.45, 2.75) is 0 Å². The maximum Gasteiger partial charge on any atom is 0.0535 e. The molecule has 0 saturated heterocycles. The van der Waals surface area contributed by atoms with Crippen molar-refractivity contribution in [2.24, 2.45) is 0 Å². The van der Waals surface area contributed by atoms with Crippen LogP contribution in [0.1, 0.15) is 0 Å². The van der Waals surface area contributed by atoms with Crippen LogP contribution in [-0.2, 0) is 0 Å². The molecule has 0 N–H and O–H groups in total. The van der Waals surface area contributed by atoms with Gasteiger partial charge in [0.05, 0.1) is 5.52 Å². The number of aromatic nitrogens is 1. The van der Waals surface area contributed by atoms with E-state index in [0.29, 0.717) is 0 Å². The van der Waals surface area contributed by atoms with Gasteiger partial charge in [0.15, 0.2) is 0 Å². The molecular formula is C56H37NS. The Labute approximate surface area is 342 Å². The van der Waals surface area contributed by atoms with Gasteiger partial charge in [-0.15, -0.1) is 11.3 Å². The molecule has 11 aromatic rings. The number of nitrogens with zero attached hydrogens (tertiary/aromatic N) is 1. The standard InChI is InChI=1S/C56H37NS/c1-4-10-38(11-5-1)41-16-18-43(19-17-41)46-26-31-54-50(34-46)53(45-22-20-42(21-23-45)39-12-6-2-7-13-39)37-57(54)49-29-24-44(25-30-49)48-28-33-56-52(36-48)51-35-47(27-32-55(51)58-56)40-14-8-3-9-15-40/h1-37H. The number of fused-ring (bicyclic) bond motifs is 4. The van der Waals surface area contributed by atoms with E-state index in [1.807, 2.05) is 11.3 Å². The largest absolute Gasteiger partial charge is 0.316 e. The minimum absolute atomic E-state index is 1.13. The van der Waals surface area contributed by atoms with Gasteiger partial charge in [-0.3, -0.25) is 0 Å². The molecule has 272 valence electrons. The van der Waals surface area contributed by atoms with Gasteiger partial charge < -0.3 is 4.57 Å². The third kappa shape index (κ3) is 6.21. The first-order valence-electron chi connectivity index (χ1n) is 19.8. The summed E-state index contributed by atoms with van der Waals surface area (Å²) in [5.74, 6) is 0. The van der Waals surface area contributed by atoms with E-state index >= 15 is 0 Å². The Morgan fingerprint density at radius 1 is 0.276 bits per heavy atom. The minimum atomic E-state index is 1.13. The Morgan fingerprint density at radius 3 is 1.10 bits per heavy atom. The van der Waals surface area contributed by atoms with Crippen LogP contribution in [-0.4, -0.2) is 4.57 Å². The van der Waals surface area contributed by atoms with Crippen LogP contribution in [0.3, 0.4) is 0 Å². The predicted molar refractivity (Wildman–Crippen MR) is 249 cm³/mol. The summed E-state index contributed by atoms with van der Waals surface area (Å²) in [6.45, 7) is 0. The van der Waals surface area contributed by atoms with E-state index in [9.17, 15) is 0 Å². The fraction of sp³-hybridized carbons (Fsp3) is 0. The van der Waals surface area contributed by atoms with Gasteiger partial charge in [0.1, 0.15) is 0 Å². The average molecular weight is 756 g/mol. The van der Waals surface area contributed by atoms with Gasteiger partial charge in [-0.1, -0.05) is 170 Å². The molecule has 2 heteroatoms. The lowest BCUT2D eigenvalue weighted by atomic mass is 9.97. The molecule has 0 amide bonds. The van der Waals surface area contributed by atoms with Gasteiger partial charge in [-0.2, -0.15) is 0 Å². The number of hydrogen-bond acceptors (Lipinski definition) is 1. The normalized spacial score (nSPS) is 11.4. The van der Waals surface area contributed by atoms with Crippen LogP contribution >= 0.6 is 11.3 Å². The molecule has 0 aliphatic carbocycles. The molecule has 0 spiro atoms. The maximum absolute atomic E-state index is 2.37. The molecule has 0 radical (unpaired) electrons. The first-order valence-corrected chi connectivity index (χ1v) is 20.6. The molecule has 9 aromatic carbocycles. The second kappa shape index (κ2) is 14.4. The summed E-state index contributed by atoms with van der Waals surface area (Å²) in [7, 11) is 0. The van der Waals surface area contributed by atoms with Gasteiger partial charge in [-0.05, 0) is 110 Å². The van der Waals surface area contributed by atoms with Crippen molar-refractivity contribution in [1.29, 1.82) is 0 Å². The Balaban J connectivity index is 0.972. The van der Waals surface area contributed by atoms with Crippen LogP contribution in [0.25, 0.3) is 104 Å². The highest BCUT2D eigenvalue weighted by Crippen LogP contribution is 2.40. The van der Waals surface area contributed by atoms with E-state index in [2.05, 4.69) is 229 Å². The predicted octanol–water partition coefficient (Wildman–Crippen LogP) is 16.0. The van der Waals surface area contributed by atoms with Crippen molar-refractivity contribution in [1.82, 2.24) is 4.57 Å². The maximum atomic E-state index is 2.37. The van der Waals surface area contributed by atoms with E-state index in [1.54, 1.807) is 0 Å². The highest BCUT2D eigenvalue weighted by molar-refractivity contribution is 7.25. The molecule has 2 aromatic heterocycles. The monoisotopic (exact) mass is 755 g/mol. The van der Waals surface area contributed by atoms with Crippen LogP contribution in [0.4, 0.5) is 0 Å². The number of thiophene rings is 1. The molecule has 0 bridgehead atoms. The smallest absolute Gasteiger partial charge is 0.0535 e. The Hall–Kier alpha value is -7.26. The summed E-state index contributed by atoms with van der Waals surface area (Å²) in [4.78, 5) is 0. The quantitative estimate of drug-likeness (QED) is 0.153. The average Bonchev–Trinajstić information content (AvgIpc) is 3.88. The van der Waals surface area contributed by atoms with Gasteiger partial charge in [0, 0.05) is 43.0 Å². The summed E-state index contributed by atoms with van der Waals surface area (Å²) < 4.78 is 4.98.